The molecule has 0 atom stereocenters. The van der Waals surface area contributed by atoms with E-state index in [1.165, 1.54) is 14.7 Å². The molecule has 1 saturated heterocycles. The van der Waals surface area contributed by atoms with E-state index in [0.717, 1.165) is 29.1 Å². The molecular weight excluding hydrogens is 430 g/mol. The van der Waals surface area contributed by atoms with Crippen LogP contribution < -0.4 is 5.32 Å². The molecule has 1 N–H and O–H groups in total. The summed E-state index contributed by atoms with van der Waals surface area (Å²) in [6.07, 6.45) is 1.60. The molecule has 1 aromatic rings. The number of carbonyl (C=O) groups excluding carboxylic acids is 1. The molecule has 27 heavy (non-hydrogen) atoms. The van der Waals surface area contributed by atoms with Crippen LogP contribution in [0.3, 0.4) is 0 Å². The Balaban J connectivity index is 1.97. The fourth-order valence-electron chi connectivity index (χ4n) is 2.69. The predicted molar refractivity (Wildman–Crippen MR) is 109 cm³/mol. The molecule has 154 valence electrons. The quantitative estimate of drug-likeness (QED) is 0.555. The highest BCUT2D eigenvalue weighted by molar-refractivity contribution is 7.99. The summed E-state index contributed by atoms with van der Waals surface area (Å²) in [6, 6.07) is 1.47. The highest BCUT2D eigenvalue weighted by atomic mass is 32.2. The average molecular weight is 456 g/mol. The van der Waals surface area contributed by atoms with E-state index in [0.29, 0.717) is 32.6 Å². The van der Waals surface area contributed by atoms with Crippen LogP contribution in [0, 0.1) is 0 Å². The second kappa shape index (κ2) is 9.70. The highest BCUT2D eigenvalue weighted by Gasteiger charge is 2.31. The number of amides is 1. The van der Waals surface area contributed by atoms with Crippen LogP contribution in [0.4, 0.5) is 0 Å². The van der Waals surface area contributed by atoms with Gasteiger partial charge in [-0.25, -0.2) is 21.1 Å². The van der Waals surface area contributed by atoms with Crippen molar-refractivity contribution >= 4 is 49.1 Å². The number of sulfonamides is 2. The Morgan fingerprint density at radius 3 is 2.52 bits per heavy atom. The summed E-state index contributed by atoms with van der Waals surface area (Å²) < 4.78 is 51.5. The third-order valence-corrected chi connectivity index (χ3v) is 9.42. The van der Waals surface area contributed by atoms with E-state index in [9.17, 15) is 21.6 Å². The fourth-order valence-corrected chi connectivity index (χ4v) is 7.51. The van der Waals surface area contributed by atoms with Gasteiger partial charge in [0.25, 0.3) is 5.91 Å². The first-order valence-corrected chi connectivity index (χ1v) is 13.9. The lowest BCUT2D eigenvalue weighted by Crippen LogP contribution is -2.38. The molecular formula is C15H25N3O5S4. The van der Waals surface area contributed by atoms with Gasteiger partial charge in [-0.15, -0.1) is 11.3 Å². The molecule has 1 fully saturated rings. The molecule has 12 heteroatoms. The number of rotatable bonds is 9. The van der Waals surface area contributed by atoms with Crippen LogP contribution in [0.25, 0.3) is 0 Å². The smallest absolute Gasteiger partial charge is 0.262 e. The minimum atomic E-state index is -3.68. The molecule has 1 aliphatic heterocycles. The largest absolute Gasteiger partial charge is 0.351 e. The molecule has 0 saturated carbocycles. The SMILES string of the molecule is CCN(CCCNC(=O)c1sccc1S(=O)(=O)N1CCSCC1)S(C)(=O)=O. The van der Waals surface area contributed by atoms with Crippen molar-refractivity contribution in [1.29, 1.82) is 0 Å². The summed E-state index contributed by atoms with van der Waals surface area (Å²) in [4.78, 5) is 12.7. The van der Waals surface area contributed by atoms with Crippen LogP contribution in [-0.2, 0) is 20.0 Å². The van der Waals surface area contributed by atoms with Crippen LogP contribution >= 0.6 is 23.1 Å². The molecule has 2 rings (SSSR count). The number of carbonyl (C=O) groups is 1. The van der Waals surface area contributed by atoms with Crippen molar-refractivity contribution in [1.82, 2.24) is 13.9 Å². The first kappa shape index (κ1) is 22.6. The van der Waals surface area contributed by atoms with Crippen LogP contribution in [-0.4, -0.2) is 81.8 Å². The zero-order chi connectivity index (χ0) is 20.1. The van der Waals surface area contributed by atoms with E-state index < -0.39 is 26.0 Å². The minimum Gasteiger partial charge on any atom is -0.351 e. The molecule has 2 heterocycles. The third-order valence-electron chi connectivity index (χ3n) is 4.11. The normalized spacial score (nSPS) is 16.6. The summed E-state index contributed by atoms with van der Waals surface area (Å²) in [7, 11) is -6.94. The van der Waals surface area contributed by atoms with Gasteiger partial charge >= 0.3 is 0 Å². The maximum absolute atomic E-state index is 12.8. The van der Waals surface area contributed by atoms with Crippen LogP contribution in [0.2, 0.25) is 0 Å². The van der Waals surface area contributed by atoms with E-state index in [1.54, 1.807) is 24.1 Å². The summed E-state index contributed by atoms with van der Waals surface area (Å²) >= 11 is 2.80. The lowest BCUT2D eigenvalue weighted by Gasteiger charge is -2.25. The Hall–Kier alpha value is -0.660. The zero-order valence-corrected chi connectivity index (χ0v) is 18.6. The van der Waals surface area contributed by atoms with Crippen molar-refractivity contribution in [3.63, 3.8) is 0 Å². The lowest BCUT2D eigenvalue weighted by atomic mass is 10.4. The van der Waals surface area contributed by atoms with Crippen LogP contribution in [0.1, 0.15) is 23.0 Å². The van der Waals surface area contributed by atoms with Gasteiger partial charge in [0.1, 0.15) is 9.77 Å². The lowest BCUT2D eigenvalue weighted by molar-refractivity contribution is 0.0953. The van der Waals surface area contributed by atoms with Gasteiger partial charge in [0.15, 0.2) is 0 Å². The molecule has 0 spiro atoms. The molecule has 8 nitrogen and oxygen atoms in total. The Bertz CT molecular complexity index is 845. The molecule has 0 bridgehead atoms. The van der Waals surface area contributed by atoms with Crippen LogP contribution in [0.15, 0.2) is 16.3 Å². The molecule has 0 aromatic carbocycles. The van der Waals surface area contributed by atoms with Crippen LogP contribution in [0.5, 0.6) is 0 Å². The van der Waals surface area contributed by atoms with Gasteiger partial charge in [0.05, 0.1) is 6.26 Å². The Morgan fingerprint density at radius 1 is 1.26 bits per heavy atom. The van der Waals surface area contributed by atoms with Gasteiger partial charge in [-0.05, 0) is 17.9 Å². The summed E-state index contributed by atoms with van der Waals surface area (Å²) in [5, 5.41) is 4.29. The van der Waals surface area contributed by atoms with Crippen molar-refractivity contribution in [2.45, 2.75) is 18.2 Å². The number of hydrogen-bond donors (Lipinski definition) is 1. The minimum absolute atomic E-state index is 0.0446. The third kappa shape index (κ3) is 5.91. The van der Waals surface area contributed by atoms with Crippen molar-refractivity contribution in [2.24, 2.45) is 0 Å². The average Bonchev–Trinajstić information content (AvgIpc) is 3.12. The molecule has 1 aliphatic rings. The number of thioether (sulfide) groups is 1. The van der Waals surface area contributed by atoms with Gasteiger partial charge in [-0.2, -0.15) is 16.1 Å². The molecule has 0 radical (unpaired) electrons. The second-order valence-corrected chi connectivity index (χ2v) is 12.0. The first-order valence-electron chi connectivity index (χ1n) is 8.56. The van der Waals surface area contributed by atoms with E-state index in [2.05, 4.69) is 5.32 Å². The topological polar surface area (TPSA) is 104 Å². The number of hydrogen-bond acceptors (Lipinski definition) is 7. The summed E-state index contributed by atoms with van der Waals surface area (Å²) in [6.45, 7) is 3.58. The molecule has 1 amide bonds. The number of thiophene rings is 1. The van der Waals surface area contributed by atoms with Crippen molar-refractivity contribution in [3.05, 3.63) is 16.3 Å². The summed E-state index contributed by atoms with van der Waals surface area (Å²) in [5.41, 5.74) is 0. The maximum Gasteiger partial charge on any atom is 0.262 e. The molecule has 0 unspecified atom stereocenters. The predicted octanol–water partition coefficient (Wildman–Crippen LogP) is 0.887. The van der Waals surface area contributed by atoms with Gasteiger partial charge in [0.2, 0.25) is 20.0 Å². The number of nitrogens with one attached hydrogen (secondary N) is 1. The second-order valence-electron chi connectivity index (χ2n) is 5.99. The monoisotopic (exact) mass is 455 g/mol. The van der Waals surface area contributed by atoms with E-state index in [1.807, 2.05) is 0 Å². The maximum atomic E-state index is 12.8. The standard InChI is InChI=1S/C15H25N3O5S4/c1-3-17(26(2,20)21)7-4-6-16-15(19)14-13(5-10-25-14)27(22,23)18-8-11-24-12-9-18/h5,10H,3-4,6-9,11-12H2,1-2H3,(H,16,19). The van der Waals surface area contributed by atoms with E-state index >= 15 is 0 Å². The zero-order valence-electron chi connectivity index (χ0n) is 15.4. The number of nitrogens with zero attached hydrogens (tertiary/aromatic N) is 2. The Kier molecular flexibility index (Phi) is 8.13. The van der Waals surface area contributed by atoms with Gasteiger partial charge < -0.3 is 5.32 Å². The van der Waals surface area contributed by atoms with Crippen molar-refractivity contribution in [3.8, 4) is 0 Å². The Labute approximate surface area is 169 Å². The van der Waals surface area contributed by atoms with E-state index in [4.69, 9.17) is 0 Å². The van der Waals surface area contributed by atoms with Crippen molar-refractivity contribution < 1.29 is 21.6 Å². The van der Waals surface area contributed by atoms with Crippen molar-refractivity contribution in [2.75, 3.05) is 50.5 Å². The Morgan fingerprint density at radius 2 is 1.93 bits per heavy atom. The van der Waals surface area contributed by atoms with Gasteiger partial charge in [-0.1, -0.05) is 6.92 Å². The highest BCUT2D eigenvalue weighted by Crippen LogP contribution is 2.27. The first-order chi connectivity index (χ1) is 12.7. The fraction of sp³-hybridized carbons (Fsp3) is 0.667. The summed E-state index contributed by atoms with van der Waals surface area (Å²) in [5.74, 6) is 1.05. The van der Waals surface area contributed by atoms with Gasteiger partial charge in [0, 0.05) is 44.2 Å². The van der Waals surface area contributed by atoms with E-state index in [-0.39, 0.29) is 16.3 Å². The molecule has 1 aromatic heterocycles. The molecule has 0 aliphatic carbocycles. The van der Waals surface area contributed by atoms with Gasteiger partial charge in [-0.3, -0.25) is 4.79 Å².